The van der Waals surface area contributed by atoms with Crippen LogP contribution in [0, 0.1) is 46.3 Å². The molecule has 23 atom stereocenters. The van der Waals surface area contributed by atoms with Crippen LogP contribution >= 0.6 is 0 Å². The molecular weight excluding hydrogens is 692 g/mol. The van der Waals surface area contributed by atoms with Gasteiger partial charge in [0.05, 0.1) is 37.6 Å². The van der Waals surface area contributed by atoms with Gasteiger partial charge in [0.2, 0.25) is 0 Å². The molecule has 8 rings (SSSR count). The normalized spacial score (nSPS) is 59.6. The Bertz CT molecular complexity index is 1350. The first-order valence-corrected chi connectivity index (χ1v) is 20.0. The van der Waals surface area contributed by atoms with E-state index in [0.29, 0.717) is 30.8 Å². The molecule has 4 saturated carbocycles. The lowest BCUT2D eigenvalue weighted by Gasteiger charge is -2.63. The number of hydrogen-bond acceptors (Lipinski definition) is 14. The summed E-state index contributed by atoms with van der Waals surface area (Å²) in [6, 6.07) is 0. The van der Waals surface area contributed by atoms with E-state index in [-0.39, 0.29) is 29.3 Å². The Kier molecular flexibility index (Phi) is 10.3. The first kappa shape index (κ1) is 39.0. The molecular formula is C39H62O14. The first-order valence-electron chi connectivity index (χ1n) is 20.0. The van der Waals surface area contributed by atoms with E-state index in [1.165, 1.54) is 6.92 Å². The SMILES string of the molecule is C=C1CC[C@]2(OC1)O[C@@H]1C[C@@H]3[C@@H]4CC[C@@H]5C[C@H](O[C@H]6O[C@@H](CO)[C@H](O)[C@@H](O)[C@@H]6O[C@H]6O[C@@H](C)[C@H](O)[C@@H](O)[C@@H]6O)[C@@H](O)[C@@H](O)[C@]5(C)[C@H]4CC[C@]3(C)[C@@H]1[C@@H]2C. The van der Waals surface area contributed by atoms with Gasteiger partial charge in [0.25, 0.3) is 0 Å². The third-order valence-electron chi connectivity index (χ3n) is 16.1. The lowest BCUT2D eigenvalue weighted by molar-refractivity contribution is -0.376. The van der Waals surface area contributed by atoms with Crippen LogP contribution < -0.4 is 0 Å². The minimum absolute atomic E-state index is 0.00712. The number of rotatable bonds is 5. The molecule has 4 aliphatic carbocycles. The molecule has 0 aromatic heterocycles. The smallest absolute Gasteiger partial charge is 0.187 e. The van der Waals surface area contributed by atoms with Crippen molar-refractivity contribution in [3.63, 3.8) is 0 Å². The zero-order chi connectivity index (χ0) is 37.9. The number of aliphatic hydroxyl groups is 8. The summed E-state index contributed by atoms with van der Waals surface area (Å²) in [6.45, 7) is 12.4. The molecule has 0 unspecified atom stereocenters. The molecule has 0 aromatic rings. The maximum atomic E-state index is 12.1. The van der Waals surface area contributed by atoms with Gasteiger partial charge in [0, 0.05) is 17.8 Å². The average molecular weight is 755 g/mol. The van der Waals surface area contributed by atoms with Crippen LogP contribution in [0.3, 0.4) is 0 Å². The fourth-order valence-corrected chi connectivity index (χ4v) is 13.0. The second kappa shape index (κ2) is 13.9. The molecule has 4 aliphatic heterocycles. The van der Waals surface area contributed by atoms with E-state index in [4.69, 9.17) is 28.4 Å². The van der Waals surface area contributed by atoms with E-state index in [1.54, 1.807) is 0 Å². The Labute approximate surface area is 311 Å². The van der Waals surface area contributed by atoms with Crippen molar-refractivity contribution in [2.75, 3.05) is 13.2 Å². The highest BCUT2D eigenvalue weighted by Gasteiger charge is 2.70. The zero-order valence-corrected chi connectivity index (χ0v) is 31.4. The molecule has 8 aliphatic rings. The van der Waals surface area contributed by atoms with Crippen molar-refractivity contribution in [3.05, 3.63) is 12.2 Å². The monoisotopic (exact) mass is 754 g/mol. The molecule has 302 valence electrons. The summed E-state index contributed by atoms with van der Waals surface area (Å²) in [5.41, 5.74) is 0.625. The summed E-state index contributed by atoms with van der Waals surface area (Å²) in [5.74, 6) is 1.13. The summed E-state index contributed by atoms with van der Waals surface area (Å²) < 4.78 is 37.0. The van der Waals surface area contributed by atoms with Crippen molar-refractivity contribution in [1.29, 1.82) is 0 Å². The molecule has 4 heterocycles. The number of aliphatic hydroxyl groups excluding tert-OH is 8. The Balaban J connectivity index is 0.985. The molecule has 8 N–H and O–H groups in total. The predicted molar refractivity (Wildman–Crippen MR) is 184 cm³/mol. The fourth-order valence-electron chi connectivity index (χ4n) is 13.0. The van der Waals surface area contributed by atoms with E-state index >= 15 is 0 Å². The quantitative estimate of drug-likeness (QED) is 0.140. The first-order chi connectivity index (χ1) is 25.1. The maximum absolute atomic E-state index is 12.1. The van der Waals surface area contributed by atoms with Crippen LogP contribution in [0.4, 0.5) is 0 Å². The lowest BCUT2D eigenvalue weighted by Crippen LogP contribution is -2.67. The standard InChI is InChI=1S/C39H62O14/c1-16-8-11-39(48-15-16)17(2)26-23(53-39)13-22-20-7-6-19-12-24(29(43)34(47)38(19,5)21(20)9-10-37(22,26)4)50-36-33(31(45)28(42)25(14-40)51-36)52-35-32(46)30(44)27(41)18(3)49-35/h17-36,40-47H,1,6-15H2,2-5H3/t17-,18-,19+,20+,21-,22+,23+,24-,25-,26+,27-,28-,29+,30+,31+,32-,33-,34+,35+,36-,37-,38-,39-/m0/s1. The van der Waals surface area contributed by atoms with Crippen molar-refractivity contribution in [1.82, 2.24) is 0 Å². The van der Waals surface area contributed by atoms with Crippen LogP contribution in [0.5, 0.6) is 0 Å². The topological polar surface area (TPSA) is 217 Å². The van der Waals surface area contributed by atoms with Crippen LogP contribution in [0.25, 0.3) is 0 Å². The second-order valence-corrected chi connectivity index (χ2v) is 18.5. The molecule has 0 radical (unpaired) electrons. The summed E-state index contributed by atoms with van der Waals surface area (Å²) in [6.07, 6.45) is -11.0. The van der Waals surface area contributed by atoms with Gasteiger partial charge in [-0.1, -0.05) is 32.9 Å². The summed E-state index contributed by atoms with van der Waals surface area (Å²) in [5, 5.41) is 86.9. The van der Waals surface area contributed by atoms with E-state index in [2.05, 4.69) is 27.4 Å². The van der Waals surface area contributed by atoms with Crippen molar-refractivity contribution in [2.24, 2.45) is 46.3 Å². The van der Waals surface area contributed by atoms with Gasteiger partial charge in [-0.05, 0) is 86.9 Å². The Hall–Kier alpha value is -0.820. The molecule has 0 bridgehead atoms. The van der Waals surface area contributed by atoms with Crippen molar-refractivity contribution < 1.29 is 69.3 Å². The minimum Gasteiger partial charge on any atom is -0.394 e. The van der Waals surface area contributed by atoms with Crippen molar-refractivity contribution in [2.45, 2.75) is 171 Å². The fraction of sp³-hybridized carbons (Fsp3) is 0.949. The van der Waals surface area contributed by atoms with E-state index in [1.807, 2.05) is 0 Å². The van der Waals surface area contributed by atoms with Crippen LogP contribution in [0.1, 0.15) is 79.1 Å². The third kappa shape index (κ3) is 5.87. The van der Waals surface area contributed by atoms with Gasteiger partial charge in [-0.15, -0.1) is 0 Å². The maximum Gasteiger partial charge on any atom is 0.187 e. The van der Waals surface area contributed by atoms with Gasteiger partial charge in [-0.2, -0.15) is 0 Å². The van der Waals surface area contributed by atoms with Gasteiger partial charge >= 0.3 is 0 Å². The molecule has 8 fully saturated rings. The number of fused-ring (bicyclic) bond motifs is 7. The Morgan fingerprint density at radius 3 is 2.25 bits per heavy atom. The number of hydrogen-bond donors (Lipinski definition) is 8. The molecule has 14 nitrogen and oxygen atoms in total. The lowest BCUT2D eigenvalue weighted by atomic mass is 9.43. The Morgan fingerprint density at radius 1 is 0.792 bits per heavy atom. The van der Waals surface area contributed by atoms with Crippen molar-refractivity contribution >= 4 is 0 Å². The Morgan fingerprint density at radius 2 is 1.55 bits per heavy atom. The van der Waals surface area contributed by atoms with Gasteiger partial charge in [0.15, 0.2) is 18.4 Å². The van der Waals surface area contributed by atoms with E-state index in [0.717, 1.165) is 50.5 Å². The van der Waals surface area contributed by atoms with Crippen molar-refractivity contribution in [3.8, 4) is 0 Å². The summed E-state index contributed by atoms with van der Waals surface area (Å²) in [7, 11) is 0. The molecule has 0 amide bonds. The molecule has 1 spiro atoms. The van der Waals surface area contributed by atoms with Crippen LogP contribution in [-0.2, 0) is 28.4 Å². The zero-order valence-electron chi connectivity index (χ0n) is 31.4. The molecule has 14 heteroatoms. The van der Waals surface area contributed by atoms with Crippen LogP contribution in [0.2, 0.25) is 0 Å². The van der Waals surface area contributed by atoms with Gasteiger partial charge in [-0.25, -0.2) is 0 Å². The largest absolute Gasteiger partial charge is 0.394 e. The van der Waals surface area contributed by atoms with Crippen LogP contribution in [0.15, 0.2) is 12.2 Å². The van der Waals surface area contributed by atoms with Gasteiger partial charge in [-0.3, -0.25) is 0 Å². The molecule has 4 saturated heterocycles. The summed E-state index contributed by atoms with van der Waals surface area (Å²) in [4.78, 5) is 0. The highest BCUT2D eigenvalue weighted by molar-refractivity contribution is 5.18. The van der Waals surface area contributed by atoms with Gasteiger partial charge < -0.3 is 69.3 Å². The molecule has 53 heavy (non-hydrogen) atoms. The third-order valence-corrected chi connectivity index (χ3v) is 16.1. The highest BCUT2D eigenvalue weighted by atomic mass is 16.8. The summed E-state index contributed by atoms with van der Waals surface area (Å²) >= 11 is 0. The highest BCUT2D eigenvalue weighted by Crippen LogP contribution is 2.71. The molecule has 0 aromatic carbocycles. The van der Waals surface area contributed by atoms with E-state index in [9.17, 15) is 40.9 Å². The van der Waals surface area contributed by atoms with Crippen LogP contribution in [-0.4, -0.2) is 146 Å². The predicted octanol–water partition coefficient (Wildman–Crippen LogP) is 0.332. The minimum atomic E-state index is -1.70. The number of ether oxygens (including phenoxy) is 6. The van der Waals surface area contributed by atoms with E-state index < -0.39 is 97.5 Å². The van der Waals surface area contributed by atoms with Gasteiger partial charge in [0.1, 0.15) is 48.8 Å². The average Bonchev–Trinajstić information content (AvgIpc) is 3.58. The second-order valence-electron chi connectivity index (χ2n) is 18.5.